The highest BCUT2D eigenvalue weighted by Gasteiger charge is 2.46. The standard InChI is InChI=1S/C14H20N2O4S.C2HF3O2/c1-21(17,18)16-7-8-19-14-12(16)4-5-13(14)20-10-11-3-2-6-15-9-11;3-2(4,5)1(6)7/h2-3,6,9,12-14H,4-5,7-8,10H2,1H3;(H,6,7)/t12-,13-,14+;/m0./s1. The molecule has 1 aliphatic heterocycles. The van der Waals surface area contributed by atoms with E-state index in [1.807, 2.05) is 12.1 Å². The summed E-state index contributed by atoms with van der Waals surface area (Å²) in [6.07, 6.45) is 1.07. The van der Waals surface area contributed by atoms with Gasteiger partial charge >= 0.3 is 12.1 Å². The predicted octanol–water partition coefficient (Wildman–Crippen LogP) is 1.42. The first-order valence-corrected chi connectivity index (χ1v) is 10.2. The summed E-state index contributed by atoms with van der Waals surface area (Å²) < 4.78 is 68.7. The maximum atomic E-state index is 11.8. The third-order valence-corrected chi connectivity index (χ3v) is 5.65. The summed E-state index contributed by atoms with van der Waals surface area (Å²) in [6, 6.07) is 3.75. The van der Waals surface area contributed by atoms with Gasteiger partial charge in [0.2, 0.25) is 10.0 Å². The Morgan fingerprint density at radius 2 is 2.11 bits per heavy atom. The number of hydrogen-bond donors (Lipinski definition) is 1. The van der Waals surface area contributed by atoms with Crippen LogP contribution in [0.4, 0.5) is 13.2 Å². The molecule has 2 fully saturated rings. The molecule has 2 heterocycles. The monoisotopic (exact) mass is 426 g/mol. The van der Waals surface area contributed by atoms with Crippen molar-refractivity contribution in [3.63, 3.8) is 0 Å². The number of pyridine rings is 1. The molecule has 2 aliphatic rings. The number of rotatable bonds is 4. The van der Waals surface area contributed by atoms with Crippen molar-refractivity contribution in [2.24, 2.45) is 0 Å². The highest BCUT2D eigenvalue weighted by molar-refractivity contribution is 7.88. The first kappa shape index (κ1) is 22.5. The van der Waals surface area contributed by atoms with Gasteiger partial charge in [-0.05, 0) is 24.5 Å². The molecular weight excluding hydrogens is 405 g/mol. The van der Waals surface area contributed by atoms with E-state index in [0.717, 1.165) is 18.4 Å². The molecule has 28 heavy (non-hydrogen) atoms. The van der Waals surface area contributed by atoms with Gasteiger partial charge in [0.05, 0.1) is 31.6 Å². The molecule has 0 bridgehead atoms. The Hall–Kier alpha value is -1.76. The minimum Gasteiger partial charge on any atom is -0.475 e. The van der Waals surface area contributed by atoms with Crippen LogP contribution in [-0.4, -0.2) is 72.6 Å². The highest BCUT2D eigenvalue weighted by Crippen LogP contribution is 2.33. The minimum atomic E-state index is -5.08. The number of alkyl halides is 3. The number of aliphatic carboxylic acids is 1. The Bertz CT molecular complexity index is 759. The third-order valence-electron chi connectivity index (χ3n) is 4.34. The van der Waals surface area contributed by atoms with Crippen LogP contribution in [0, 0.1) is 0 Å². The van der Waals surface area contributed by atoms with Crippen LogP contribution in [0.5, 0.6) is 0 Å². The van der Waals surface area contributed by atoms with Crippen LogP contribution in [0.25, 0.3) is 0 Å². The van der Waals surface area contributed by atoms with Gasteiger partial charge in [-0.1, -0.05) is 6.07 Å². The van der Waals surface area contributed by atoms with E-state index in [0.29, 0.717) is 19.8 Å². The van der Waals surface area contributed by atoms with Crippen molar-refractivity contribution < 1.29 is 41.0 Å². The van der Waals surface area contributed by atoms with Gasteiger partial charge in [0.15, 0.2) is 0 Å². The minimum absolute atomic E-state index is 0.0558. The lowest BCUT2D eigenvalue weighted by Crippen LogP contribution is -2.53. The molecule has 1 saturated carbocycles. The number of halogens is 3. The molecule has 0 radical (unpaired) electrons. The van der Waals surface area contributed by atoms with E-state index in [1.165, 1.54) is 6.26 Å². The van der Waals surface area contributed by atoms with E-state index in [4.69, 9.17) is 19.4 Å². The highest BCUT2D eigenvalue weighted by atomic mass is 32.2. The van der Waals surface area contributed by atoms with Gasteiger partial charge in [-0.25, -0.2) is 13.2 Å². The van der Waals surface area contributed by atoms with E-state index >= 15 is 0 Å². The molecule has 0 aromatic carbocycles. The number of nitrogens with zero attached hydrogens (tertiary/aromatic N) is 2. The van der Waals surface area contributed by atoms with Gasteiger partial charge in [-0.3, -0.25) is 4.98 Å². The first-order chi connectivity index (χ1) is 13.0. The van der Waals surface area contributed by atoms with Crippen molar-refractivity contribution in [2.75, 3.05) is 19.4 Å². The summed E-state index contributed by atoms with van der Waals surface area (Å²) in [5, 5.41) is 7.12. The molecule has 12 heteroatoms. The number of carboxylic acids is 1. The number of carboxylic acid groups (broad SMARTS) is 1. The summed E-state index contributed by atoms with van der Waals surface area (Å²) in [6.45, 7) is 1.35. The average Bonchev–Trinajstić information content (AvgIpc) is 3.03. The molecule has 1 aromatic rings. The van der Waals surface area contributed by atoms with Gasteiger partial charge in [0.1, 0.15) is 6.10 Å². The number of aromatic nitrogens is 1. The second-order valence-corrected chi connectivity index (χ2v) is 8.30. The van der Waals surface area contributed by atoms with Crippen LogP contribution < -0.4 is 0 Å². The summed E-state index contributed by atoms with van der Waals surface area (Å²) in [4.78, 5) is 13.0. The number of sulfonamides is 1. The second kappa shape index (κ2) is 9.16. The summed E-state index contributed by atoms with van der Waals surface area (Å²) in [5.74, 6) is -2.76. The van der Waals surface area contributed by atoms with Crippen molar-refractivity contribution in [1.29, 1.82) is 0 Å². The van der Waals surface area contributed by atoms with Crippen molar-refractivity contribution in [1.82, 2.24) is 9.29 Å². The lowest BCUT2D eigenvalue weighted by Gasteiger charge is -2.37. The van der Waals surface area contributed by atoms with E-state index < -0.39 is 22.2 Å². The average molecular weight is 426 g/mol. The molecule has 0 amide bonds. The molecule has 1 aliphatic carbocycles. The Morgan fingerprint density at radius 3 is 2.64 bits per heavy atom. The van der Waals surface area contributed by atoms with Crippen LogP contribution in [0.2, 0.25) is 0 Å². The quantitative estimate of drug-likeness (QED) is 0.776. The Labute approximate surface area is 160 Å². The second-order valence-electron chi connectivity index (χ2n) is 6.37. The number of ether oxygens (including phenoxy) is 2. The zero-order valence-corrected chi connectivity index (χ0v) is 15.8. The van der Waals surface area contributed by atoms with Crippen LogP contribution >= 0.6 is 0 Å². The molecule has 0 unspecified atom stereocenters. The fourth-order valence-electron chi connectivity index (χ4n) is 3.16. The van der Waals surface area contributed by atoms with Gasteiger partial charge in [-0.15, -0.1) is 0 Å². The molecule has 158 valence electrons. The lowest BCUT2D eigenvalue weighted by molar-refractivity contribution is -0.192. The first-order valence-electron chi connectivity index (χ1n) is 8.39. The maximum absolute atomic E-state index is 11.8. The summed E-state index contributed by atoms with van der Waals surface area (Å²) >= 11 is 0. The molecule has 3 atom stereocenters. The molecule has 1 aromatic heterocycles. The zero-order chi connectivity index (χ0) is 20.9. The van der Waals surface area contributed by atoms with E-state index in [1.54, 1.807) is 16.7 Å². The smallest absolute Gasteiger partial charge is 0.475 e. The largest absolute Gasteiger partial charge is 0.490 e. The van der Waals surface area contributed by atoms with Crippen molar-refractivity contribution in [2.45, 2.75) is 43.9 Å². The van der Waals surface area contributed by atoms with Gasteiger partial charge in [0, 0.05) is 18.9 Å². The van der Waals surface area contributed by atoms with Crippen LogP contribution in [0.3, 0.4) is 0 Å². The van der Waals surface area contributed by atoms with Crippen LogP contribution in [0.15, 0.2) is 24.5 Å². The molecule has 8 nitrogen and oxygen atoms in total. The van der Waals surface area contributed by atoms with E-state index in [-0.39, 0.29) is 18.2 Å². The Morgan fingerprint density at radius 1 is 1.43 bits per heavy atom. The van der Waals surface area contributed by atoms with Crippen molar-refractivity contribution >= 4 is 16.0 Å². The SMILES string of the molecule is CS(=O)(=O)N1CCO[C@H]2[C@@H](OCc3cccnc3)CC[C@@H]21.O=C(O)C(F)(F)F. The zero-order valence-electron chi connectivity index (χ0n) is 15.0. The summed E-state index contributed by atoms with van der Waals surface area (Å²) in [7, 11) is -3.18. The number of hydrogen-bond acceptors (Lipinski definition) is 6. The third kappa shape index (κ3) is 6.12. The Kier molecular flexibility index (Phi) is 7.37. The van der Waals surface area contributed by atoms with Crippen LogP contribution in [-0.2, 0) is 30.9 Å². The lowest BCUT2D eigenvalue weighted by atomic mass is 10.1. The van der Waals surface area contributed by atoms with Crippen molar-refractivity contribution in [3.8, 4) is 0 Å². The molecule has 3 rings (SSSR count). The van der Waals surface area contributed by atoms with Gasteiger partial charge in [-0.2, -0.15) is 17.5 Å². The number of carbonyl (C=O) groups is 1. The van der Waals surface area contributed by atoms with E-state index in [2.05, 4.69) is 4.98 Å². The molecule has 1 saturated heterocycles. The maximum Gasteiger partial charge on any atom is 0.490 e. The van der Waals surface area contributed by atoms with Gasteiger partial charge in [0.25, 0.3) is 0 Å². The van der Waals surface area contributed by atoms with Crippen LogP contribution in [0.1, 0.15) is 18.4 Å². The molecule has 0 spiro atoms. The fraction of sp³-hybridized carbons (Fsp3) is 0.625. The van der Waals surface area contributed by atoms with Crippen molar-refractivity contribution in [3.05, 3.63) is 30.1 Å². The van der Waals surface area contributed by atoms with Gasteiger partial charge < -0.3 is 14.6 Å². The predicted molar refractivity (Wildman–Crippen MR) is 90.8 cm³/mol. The van der Waals surface area contributed by atoms with E-state index in [9.17, 15) is 21.6 Å². The molecular formula is C16H21F3N2O6S. The number of fused-ring (bicyclic) bond motifs is 1. The normalized spacial score (nSPS) is 25.5. The topological polar surface area (TPSA) is 106 Å². The fourth-order valence-corrected chi connectivity index (χ4v) is 4.28. The Balaban J connectivity index is 0.000000345. The number of morpholine rings is 1. The molecule has 1 N–H and O–H groups in total. The summed E-state index contributed by atoms with van der Waals surface area (Å²) in [5.41, 5.74) is 1.01.